The molecule has 2 N–H and O–H groups in total. The van der Waals surface area contributed by atoms with Crippen molar-refractivity contribution in [3.8, 4) is 0 Å². The number of hydrogen-bond acceptors (Lipinski definition) is 3. The molecule has 0 amide bonds. The van der Waals surface area contributed by atoms with Crippen LogP contribution in [0.2, 0.25) is 0 Å². The number of rotatable bonds is 0. The van der Waals surface area contributed by atoms with E-state index in [1.54, 1.807) is 0 Å². The van der Waals surface area contributed by atoms with Gasteiger partial charge in [0.2, 0.25) is 0 Å². The highest BCUT2D eigenvalue weighted by atomic mass is 16.1. The Balaban J connectivity index is 2.22. The number of carbonyl (C=O) groups excluding carboxylic acids is 1. The Kier molecular flexibility index (Phi) is 2.91. The third-order valence-corrected chi connectivity index (χ3v) is 3.97. The largest absolute Gasteiger partial charge is 0.328 e. The predicted octanol–water partition coefficient (Wildman–Crippen LogP) is 1.41. The topological polar surface area (TPSA) is 55.4 Å². The summed E-state index contributed by atoms with van der Waals surface area (Å²) in [4.78, 5) is 16.8. The molecule has 0 aromatic carbocycles. The van der Waals surface area contributed by atoms with Gasteiger partial charge in [-0.3, -0.25) is 9.79 Å². The molecule has 5 atom stereocenters. The lowest BCUT2D eigenvalue weighted by Crippen LogP contribution is -2.40. The minimum atomic E-state index is 0.0879. The lowest BCUT2D eigenvalue weighted by molar-refractivity contribution is -0.128. The molecule has 1 aliphatic carbocycles. The lowest BCUT2D eigenvalue weighted by Gasteiger charge is -2.31. The number of nitrogens with two attached hydrogens (primary N) is 1. The van der Waals surface area contributed by atoms with Crippen molar-refractivity contribution in [2.75, 3.05) is 0 Å². The van der Waals surface area contributed by atoms with Gasteiger partial charge in [0, 0.05) is 30.0 Å². The molecule has 2 rings (SSSR count). The quantitative estimate of drug-likeness (QED) is 0.654. The molecule has 0 aromatic rings. The first-order valence-corrected chi connectivity index (χ1v) is 5.92. The molecule has 0 radical (unpaired) electrons. The summed E-state index contributed by atoms with van der Waals surface area (Å²) in [5.74, 6) is 0.846. The fourth-order valence-corrected chi connectivity index (χ4v) is 2.64. The minimum Gasteiger partial charge on any atom is -0.328 e. The Morgan fingerprint density at radius 2 is 2.13 bits per heavy atom. The van der Waals surface area contributed by atoms with Crippen LogP contribution in [0.4, 0.5) is 0 Å². The molecule has 1 fully saturated rings. The molecule has 0 bridgehead atoms. The summed E-state index contributed by atoms with van der Waals surface area (Å²) in [6.07, 6.45) is 4.80. The van der Waals surface area contributed by atoms with Gasteiger partial charge in [-0.15, -0.1) is 0 Å². The summed E-state index contributed by atoms with van der Waals surface area (Å²) < 4.78 is 0. The Labute approximate surface area is 91.1 Å². The Hall–Kier alpha value is -0.700. The number of fused-ring (bicyclic) bond motifs is 1. The Morgan fingerprint density at radius 3 is 2.87 bits per heavy atom. The zero-order valence-corrected chi connectivity index (χ0v) is 9.52. The number of ketones is 1. The first-order valence-electron chi connectivity index (χ1n) is 5.92. The summed E-state index contributed by atoms with van der Waals surface area (Å²) >= 11 is 0. The van der Waals surface area contributed by atoms with Gasteiger partial charge in [-0.1, -0.05) is 13.8 Å². The van der Waals surface area contributed by atoms with Crippen molar-refractivity contribution in [2.45, 2.75) is 45.2 Å². The molecule has 84 valence electrons. The summed E-state index contributed by atoms with van der Waals surface area (Å²) in [5.41, 5.74) is 5.93. The maximum atomic E-state index is 12.2. The SMILES string of the molecule is CC1C=NC2CCC(N)CC2C(=O)C1C. The molecule has 3 heteroatoms. The van der Waals surface area contributed by atoms with Gasteiger partial charge in [0.15, 0.2) is 0 Å². The van der Waals surface area contributed by atoms with Crippen LogP contribution >= 0.6 is 0 Å². The molecule has 15 heavy (non-hydrogen) atoms. The van der Waals surface area contributed by atoms with E-state index in [1.807, 2.05) is 13.1 Å². The van der Waals surface area contributed by atoms with Crippen molar-refractivity contribution in [3.05, 3.63) is 0 Å². The van der Waals surface area contributed by atoms with Crippen molar-refractivity contribution in [1.82, 2.24) is 0 Å². The highest BCUT2D eigenvalue weighted by molar-refractivity contribution is 5.88. The number of carbonyl (C=O) groups is 1. The van der Waals surface area contributed by atoms with Gasteiger partial charge in [-0.25, -0.2) is 0 Å². The monoisotopic (exact) mass is 208 g/mol. The molecule has 2 aliphatic rings. The first-order chi connectivity index (χ1) is 7.09. The van der Waals surface area contributed by atoms with Crippen LogP contribution in [-0.4, -0.2) is 24.1 Å². The maximum Gasteiger partial charge on any atom is 0.141 e. The number of hydrogen-bond donors (Lipinski definition) is 1. The van der Waals surface area contributed by atoms with E-state index in [1.165, 1.54) is 0 Å². The van der Waals surface area contributed by atoms with Gasteiger partial charge in [-0.05, 0) is 19.3 Å². The highest BCUT2D eigenvalue weighted by Gasteiger charge is 2.38. The molecule has 0 saturated heterocycles. The predicted molar refractivity (Wildman–Crippen MR) is 60.9 cm³/mol. The summed E-state index contributed by atoms with van der Waals surface area (Å²) in [6.45, 7) is 4.09. The van der Waals surface area contributed by atoms with E-state index in [4.69, 9.17) is 5.73 Å². The van der Waals surface area contributed by atoms with Gasteiger partial charge in [0.25, 0.3) is 0 Å². The van der Waals surface area contributed by atoms with Crippen LogP contribution in [0.5, 0.6) is 0 Å². The fraction of sp³-hybridized carbons (Fsp3) is 0.833. The van der Waals surface area contributed by atoms with E-state index in [9.17, 15) is 4.79 Å². The van der Waals surface area contributed by atoms with Crippen molar-refractivity contribution in [3.63, 3.8) is 0 Å². The van der Waals surface area contributed by atoms with Crippen LogP contribution in [0.1, 0.15) is 33.1 Å². The minimum absolute atomic E-state index is 0.0879. The van der Waals surface area contributed by atoms with Crippen LogP contribution in [0.25, 0.3) is 0 Å². The summed E-state index contributed by atoms with van der Waals surface area (Å²) in [5, 5.41) is 0. The second-order valence-electron chi connectivity index (χ2n) is 5.10. The van der Waals surface area contributed by atoms with E-state index < -0.39 is 0 Å². The molecule has 3 nitrogen and oxygen atoms in total. The van der Waals surface area contributed by atoms with Crippen molar-refractivity contribution in [1.29, 1.82) is 0 Å². The molecular weight excluding hydrogens is 188 g/mol. The van der Waals surface area contributed by atoms with Crippen LogP contribution in [-0.2, 0) is 4.79 Å². The van der Waals surface area contributed by atoms with Gasteiger partial charge < -0.3 is 5.73 Å². The van der Waals surface area contributed by atoms with Crippen LogP contribution in [0.3, 0.4) is 0 Å². The molecule has 1 aliphatic heterocycles. The molecule has 1 heterocycles. The third kappa shape index (κ3) is 1.98. The standard InChI is InChI=1S/C12H20N2O/c1-7-6-14-11-4-3-9(13)5-10(11)12(15)8(7)2/h6-11H,3-5,13H2,1-2H3. The van der Waals surface area contributed by atoms with Crippen LogP contribution < -0.4 is 5.73 Å². The Morgan fingerprint density at radius 1 is 1.40 bits per heavy atom. The van der Waals surface area contributed by atoms with Gasteiger partial charge in [-0.2, -0.15) is 0 Å². The average Bonchev–Trinajstić information content (AvgIpc) is 2.32. The summed E-state index contributed by atoms with van der Waals surface area (Å²) in [7, 11) is 0. The normalized spacial score (nSPS) is 46.1. The van der Waals surface area contributed by atoms with Crippen molar-refractivity contribution >= 4 is 12.0 Å². The fourth-order valence-electron chi connectivity index (χ4n) is 2.64. The van der Waals surface area contributed by atoms with Gasteiger partial charge >= 0.3 is 0 Å². The average molecular weight is 208 g/mol. The smallest absolute Gasteiger partial charge is 0.141 e. The highest BCUT2D eigenvalue weighted by Crippen LogP contribution is 2.32. The van der Waals surface area contributed by atoms with Crippen LogP contribution in [0, 0.1) is 17.8 Å². The van der Waals surface area contributed by atoms with E-state index in [2.05, 4.69) is 11.9 Å². The second-order valence-corrected chi connectivity index (χ2v) is 5.10. The number of aliphatic imine (C=N–C) groups is 1. The van der Waals surface area contributed by atoms with E-state index in [-0.39, 0.29) is 29.8 Å². The summed E-state index contributed by atoms with van der Waals surface area (Å²) in [6, 6.07) is 0.413. The van der Waals surface area contributed by atoms with Crippen molar-refractivity contribution in [2.24, 2.45) is 28.5 Å². The lowest BCUT2D eigenvalue weighted by atomic mass is 9.76. The molecule has 0 spiro atoms. The first kappa shape index (κ1) is 10.8. The zero-order chi connectivity index (χ0) is 11.0. The van der Waals surface area contributed by atoms with Crippen LogP contribution in [0.15, 0.2) is 4.99 Å². The third-order valence-electron chi connectivity index (χ3n) is 3.97. The Bertz CT molecular complexity index is 287. The second kappa shape index (κ2) is 4.05. The van der Waals surface area contributed by atoms with Gasteiger partial charge in [0.1, 0.15) is 5.78 Å². The molecule has 1 saturated carbocycles. The molecule has 5 unspecified atom stereocenters. The number of nitrogens with zero attached hydrogens (tertiary/aromatic N) is 1. The van der Waals surface area contributed by atoms with E-state index >= 15 is 0 Å². The molecule has 0 aromatic heterocycles. The van der Waals surface area contributed by atoms with Crippen molar-refractivity contribution < 1.29 is 4.79 Å². The zero-order valence-electron chi connectivity index (χ0n) is 9.52. The maximum absolute atomic E-state index is 12.2. The molecular formula is C12H20N2O. The number of Topliss-reactive ketones (excluding diaryl/α,β-unsaturated/α-hetero) is 1. The van der Waals surface area contributed by atoms with E-state index in [0.29, 0.717) is 5.78 Å². The van der Waals surface area contributed by atoms with E-state index in [0.717, 1.165) is 19.3 Å². The van der Waals surface area contributed by atoms with Gasteiger partial charge in [0.05, 0.1) is 6.04 Å².